The molecule has 2 fully saturated rings. The molecule has 3 aliphatic rings. The van der Waals surface area contributed by atoms with Gasteiger partial charge in [-0.3, -0.25) is 0 Å². The van der Waals surface area contributed by atoms with Crippen molar-refractivity contribution in [1.82, 2.24) is 4.72 Å². The Bertz CT molecular complexity index is 1300. The predicted molar refractivity (Wildman–Crippen MR) is 120 cm³/mol. The van der Waals surface area contributed by atoms with Crippen LogP contribution in [0, 0.1) is 23.5 Å². The molecule has 11 heteroatoms. The van der Waals surface area contributed by atoms with Crippen LogP contribution in [0.4, 0.5) is 8.78 Å². The first kappa shape index (κ1) is 24.4. The van der Waals surface area contributed by atoms with E-state index in [4.69, 9.17) is 16.3 Å². The lowest BCUT2D eigenvalue weighted by Gasteiger charge is -2.54. The fourth-order valence-corrected chi connectivity index (χ4v) is 9.61. The molecule has 180 valence electrons. The smallest absolute Gasteiger partial charge is 0.211 e. The first-order valence-electron chi connectivity index (χ1n) is 10.2. The zero-order valence-electron chi connectivity index (χ0n) is 16.7. The summed E-state index contributed by atoms with van der Waals surface area (Å²) in [6, 6.07) is 6.91. The normalized spacial score (nSPS) is 30.1. The van der Waals surface area contributed by atoms with Gasteiger partial charge in [0.05, 0.1) is 22.8 Å². The number of sulfone groups is 1. The number of benzene rings is 2. The summed E-state index contributed by atoms with van der Waals surface area (Å²) in [6.45, 7) is -0.164. The van der Waals surface area contributed by atoms with Crippen LogP contribution in [-0.2, 0) is 24.6 Å². The van der Waals surface area contributed by atoms with Crippen LogP contribution in [0.5, 0.6) is 5.75 Å². The summed E-state index contributed by atoms with van der Waals surface area (Å²) < 4.78 is 88.9. The second-order valence-electron chi connectivity index (χ2n) is 8.53. The Labute approximate surface area is 197 Å². The Balaban J connectivity index is 0.00000259. The molecule has 33 heavy (non-hydrogen) atoms. The summed E-state index contributed by atoms with van der Waals surface area (Å²) in [5.74, 6) is -3.44. The van der Waals surface area contributed by atoms with Gasteiger partial charge >= 0.3 is 0 Å². The Morgan fingerprint density at radius 3 is 2.42 bits per heavy atom. The zero-order valence-corrected chi connectivity index (χ0v) is 19.1. The lowest BCUT2D eigenvalue weighted by Crippen LogP contribution is -2.62. The van der Waals surface area contributed by atoms with Crippen molar-refractivity contribution in [3.05, 3.63) is 58.6 Å². The van der Waals surface area contributed by atoms with Crippen molar-refractivity contribution in [2.45, 2.75) is 42.4 Å². The number of ether oxygens (including phenoxy) is 1. The number of nitrogens with one attached hydrogen (secondary N) is 1. The van der Waals surface area contributed by atoms with Gasteiger partial charge in [-0.25, -0.2) is 30.3 Å². The van der Waals surface area contributed by atoms with Crippen LogP contribution < -0.4 is 9.46 Å². The third-order valence-electron chi connectivity index (χ3n) is 7.00. The van der Waals surface area contributed by atoms with Crippen LogP contribution in [0.15, 0.2) is 41.3 Å². The number of sulfonamides is 1. The first-order chi connectivity index (χ1) is 15.1. The molecule has 0 bridgehead atoms. The third-order valence-corrected chi connectivity index (χ3v) is 11.3. The van der Waals surface area contributed by atoms with E-state index in [-0.39, 0.29) is 49.5 Å². The largest absolute Gasteiger partial charge is 0.490 e. The highest BCUT2D eigenvalue weighted by molar-refractivity contribution is 7.92. The average Bonchev–Trinajstić information content (AvgIpc) is 2.75. The van der Waals surface area contributed by atoms with Crippen LogP contribution in [0.3, 0.4) is 0 Å². The van der Waals surface area contributed by atoms with E-state index in [1.807, 2.05) is 0 Å². The van der Waals surface area contributed by atoms with Crippen molar-refractivity contribution < 1.29 is 30.4 Å². The maximum Gasteiger partial charge on any atom is 0.211 e. The van der Waals surface area contributed by atoms with E-state index in [0.29, 0.717) is 5.02 Å². The summed E-state index contributed by atoms with van der Waals surface area (Å²) in [7, 11) is -7.72. The van der Waals surface area contributed by atoms with Crippen molar-refractivity contribution in [3.63, 3.8) is 0 Å². The fourth-order valence-electron chi connectivity index (χ4n) is 5.63. The van der Waals surface area contributed by atoms with E-state index in [0.717, 1.165) is 12.1 Å². The molecule has 2 heterocycles. The Hall–Kier alpha value is -1.75. The van der Waals surface area contributed by atoms with E-state index in [1.54, 1.807) is 0 Å². The maximum atomic E-state index is 15.3. The lowest BCUT2D eigenvalue weighted by atomic mass is 9.64. The molecule has 0 aromatic heterocycles. The molecule has 5 rings (SSSR count). The highest BCUT2D eigenvalue weighted by Gasteiger charge is 2.63. The van der Waals surface area contributed by atoms with Gasteiger partial charge in [-0.1, -0.05) is 19.0 Å². The highest BCUT2D eigenvalue weighted by atomic mass is 35.5. The van der Waals surface area contributed by atoms with Gasteiger partial charge in [0, 0.05) is 17.0 Å². The summed E-state index contributed by atoms with van der Waals surface area (Å²) in [5, 5.41) is 0.341. The maximum absolute atomic E-state index is 15.3. The minimum absolute atomic E-state index is 0. The van der Waals surface area contributed by atoms with Crippen molar-refractivity contribution in [2.75, 3.05) is 12.4 Å². The Morgan fingerprint density at radius 1 is 1.06 bits per heavy atom. The van der Waals surface area contributed by atoms with Crippen molar-refractivity contribution in [2.24, 2.45) is 11.8 Å². The number of hydrogen-bond acceptors (Lipinski definition) is 5. The molecule has 1 unspecified atom stereocenters. The quantitative estimate of drug-likeness (QED) is 0.647. The van der Waals surface area contributed by atoms with Gasteiger partial charge < -0.3 is 4.74 Å². The predicted octanol–water partition coefficient (Wildman–Crippen LogP) is 4.03. The zero-order chi connectivity index (χ0) is 22.9. The van der Waals surface area contributed by atoms with E-state index >= 15 is 4.39 Å². The summed E-state index contributed by atoms with van der Waals surface area (Å²) in [4.78, 5) is -0.0572. The van der Waals surface area contributed by atoms with Crippen molar-refractivity contribution in [1.29, 1.82) is 0 Å². The molecule has 6 nitrogen and oxygen atoms in total. The van der Waals surface area contributed by atoms with Gasteiger partial charge in [-0.2, -0.15) is 0 Å². The van der Waals surface area contributed by atoms with Crippen molar-refractivity contribution in [3.8, 4) is 5.75 Å². The monoisotopic (exact) mass is 519 g/mol. The van der Waals surface area contributed by atoms with Crippen LogP contribution in [0.25, 0.3) is 0 Å². The van der Waals surface area contributed by atoms with Crippen LogP contribution in [0.1, 0.15) is 32.3 Å². The van der Waals surface area contributed by atoms with Gasteiger partial charge in [0.2, 0.25) is 10.0 Å². The number of rotatable bonds is 2. The topological polar surface area (TPSA) is 89.5 Å². The Kier molecular flexibility index (Phi) is 6.04. The minimum Gasteiger partial charge on any atom is -0.490 e. The Morgan fingerprint density at radius 2 is 1.73 bits per heavy atom. The van der Waals surface area contributed by atoms with Gasteiger partial charge in [0.25, 0.3) is 0 Å². The third kappa shape index (κ3) is 3.57. The van der Waals surface area contributed by atoms with Gasteiger partial charge in [0.1, 0.15) is 10.6 Å². The first-order valence-corrected chi connectivity index (χ1v) is 13.7. The summed E-state index contributed by atoms with van der Waals surface area (Å²) in [6.07, 6.45) is 0.295. The number of fused-ring (bicyclic) bond motifs is 5. The molecular formula is C22H24ClF2NO5S2. The second-order valence-corrected chi connectivity index (χ2v) is 13.0. The van der Waals surface area contributed by atoms with E-state index in [1.165, 1.54) is 24.3 Å². The van der Waals surface area contributed by atoms with Crippen LogP contribution >= 0.6 is 11.6 Å². The molecule has 2 aromatic rings. The van der Waals surface area contributed by atoms with Gasteiger partial charge in [-0.05, 0) is 61.6 Å². The minimum atomic E-state index is -4.26. The summed E-state index contributed by atoms with van der Waals surface area (Å²) in [5.41, 5.74) is -0.310. The molecule has 2 aromatic carbocycles. The SMILES string of the molecule is C.O=S1(=O)CC[C@H]2C(CC[C@]3(S(=O)(=O)c4ccc(Cl)cc4)c4c(F)ccc(F)c4OC[C@H]23)N1. The number of hydrogen-bond donors (Lipinski definition) is 1. The molecule has 0 amide bonds. The standard InChI is InChI=1S/C21H20ClF2NO5S2.CH4/c22-12-1-3-13(4-2-12)32(28,29)21-9-7-18-14(8-10-31(26,27)25-18)15(21)11-30-20-17(24)6-5-16(23)19(20)21;/h1-6,14-15,18,25H,7-11H2;1H4/t14-,15-,18?,21-;/m1./s1. The van der Waals surface area contributed by atoms with Crippen molar-refractivity contribution >= 4 is 31.5 Å². The lowest BCUT2D eigenvalue weighted by molar-refractivity contribution is 0.0537. The van der Waals surface area contributed by atoms with E-state index in [2.05, 4.69) is 4.72 Å². The van der Waals surface area contributed by atoms with Crippen LogP contribution in [-0.4, -0.2) is 35.2 Å². The summed E-state index contributed by atoms with van der Waals surface area (Å²) >= 11 is 5.94. The molecule has 0 spiro atoms. The van der Waals surface area contributed by atoms with E-state index in [9.17, 15) is 21.2 Å². The van der Waals surface area contributed by atoms with Gasteiger partial charge in [-0.15, -0.1) is 0 Å². The van der Waals surface area contributed by atoms with Gasteiger partial charge in [0.15, 0.2) is 21.4 Å². The molecule has 1 saturated heterocycles. The molecule has 1 N–H and O–H groups in total. The van der Waals surface area contributed by atoms with Crippen LogP contribution in [0.2, 0.25) is 5.02 Å². The fraction of sp³-hybridized carbons (Fsp3) is 0.455. The highest BCUT2D eigenvalue weighted by Crippen LogP contribution is 2.59. The van der Waals surface area contributed by atoms with E-state index < -0.39 is 59.9 Å². The average molecular weight is 520 g/mol. The molecule has 2 aliphatic heterocycles. The second kappa shape index (κ2) is 8.18. The molecule has 1 saturated carbocycles. The molecule has 1 aliphatic carbocycles. The molecular weight excluding hydrogens is 496 g/mol. The number of halogens is 3. The molecule has 4 atom stereocenters. The molecule has 0 radical (unpaired) electrons.